The highest BCUT2D eigenvalue weighted by Gasteiger charge is 2.19. The van der Waals surface area contributed by atoms with Crippen LogP contribution in [0.15, 0.2) is 48.5 Å². The summed E-state index contributed by atoms with van der Waals surface area (Å²) in [5.41, 5.74) is 6.04. The van der Waals surface area contributed by atoms with Crippen molar-refractivity contribution in [1.29, 1.82) is 0 Å². The Hall–Kier alpha value is -1.60. The Morgan fingerprint density at radius 1 is 1.00 bits per heavy atom. The van der Waals surface area contributed by atoms with Gasteiger partial charge in [-0.15, -0.1) is 0 Å². The van der Waals surface area contributed by atoms with Gasteiger partial charge in [0, 0.05) is 13.1 Å². The van der Waals surface area contributed by atoms with E-state index in [0.29, 0.717) is 5.92 Å². The number of aryl methyl sites for hydroxylation is 2. The van der Waals surface area contributed by atoms with Gasteiger partial charge in [-0.05, 0) is 53.9 Å². The average Bonchev–Trinajstić information content (AvgIpc) is 2.55. The van der Waals surface area contributed by atoms with E-state index in [1.165, 1.54) is 30.4 Å². The fourth-order valence-electron chi connectivity index (χ4n) is 3.52. The van der Waals surface area contributed by atoms with Crippen molar-refractivity contribution in [3.63, 3.8) is 0 Å². The Labute approximate surface area is 128 Å². The summed E-state index contributed by atoms with van der Waals surface area (Å²) in [4.78, 5) is 0. The van der Waals surface area contributed by atoms with Crippen LogP contribution in [0.25, 0.3) is 0 Å². The standard InChI is InChI=1S/C20H25N/c1-2-16-8-3-4-10-18(16)14-21-15-19-12-7-11-17-9-5-6-13-20(17)19/h3-6,8-10,13,19,21H,2,7,11-12,14-15H2,1H3. The molecule has 2 aromatic carbocycles. The van der Waals surface area contributed by atoms with E-state index in [1.54, 1.807) is 11.1 Å². The van der Waals surface area contributed by atoms with Crippen molar-refractivity contribution in [2.75, 3.05) is 6.54 Å². The molecule has 0 bridgehead atoms. The molecule has 0 fully saturated rings. The predicted molar refractivity (Wildman–Crippen MR) is 89.6 cm³/mol. The zero-order chi connectivity index (χ0) is 14.5. The first-order chi connectivity index (χ1) is 10.4. The molecule has 2 aromatic rings. The molecule has 0 spiro atoms. The molecule has 110 valence electrons. The van der Waals surface area contributed by atoms with Crippen molar-refractivity contribution < 1.29 is 0 Å². The first kappa shape index (κ1) is 14.3. The van der Waals surface area contributed by atoms with Crippen molar-refractivity contribution >= 4 is 0 Å². The minimum absolute atomic E-state index is 0.684. The maximum atomic E-state index is 3.69. The molecule has 3 rings (SSSR count). The second kappa shape index (κ2) is 6.91. The van der Waals surface area contributed by atoms with Gasteiger partial charge in [0.1, 0.15) is 0 Å². The first-order valence-corrected chi connectivity index (χ1v) is 8.23. The lowest BCUT2D eigenvalue weighted by Gasteiger charge is -2.26. The highest BCUT2D eigenvalue weighted by molar-refractivity contribution is 5.33. The molecule has 1 aliphatic carbocycles. The van der Waals surface area contributed by atoms with E-state index in [2.05, 4.69) is 60.8 Å². The number of fused-ring (bicyclic) bond motifs is 1. The van der Waals surface area contributed by atoms with Gasteiger partial charge in [0.25, 0.3) is 0 Å². The highest BCUT2D eigenvalue weighted by Crippen LogP contribution is 2.30. The maximum Gasteiger partial charge on any atom is 0.0208 e. The van der Waals surface area contributed by atoms with Gasteiger partial charge < -0.3 is 5.32 Å². The normalized spacial score (nSPS) is 17.5. The fraction of sp³-hybridized carbons (Fsp3) is 0.400. The van der Waals surface area contributed by atoms with E-state index < -0.39 is 0 Å². The molecule has 0 heterocycles. The minimum atomic E-state index is 0.684. The summed E-state index contributed by atoms with van der Waals surface area (Å²) in [6.45, 7) is 4.31. The molecule has 1 aliphatic rings. The number of hydrogen-bond acceptors (Lipinski definition) is 1. The van der Waals surface area contributed by atoms with Gasteiger partial charge in [-0.2, -0.15) is 0 Å². The van der Waals surface area contributed by atoms with Gasteiger partial charge in [-0.1, -0.05) is 55.5 Å². The molecule has 0 saturated carbocycles. The lowest BCUT2D eigenvalue weighted by Crippen LogP contribution is -2.24. The van der Waals surface area contributed by atoms with E-state index in [9.17, 15) is 0 Å². The van der Waals surface area contributed by atoms with Crippen LogP contribution in [0.5, 0.6) is 0 Å². The summed E-state index contributed by atoms with van der Waals surface area (Å²) in [6.07, 6.45) is 5.02. The predicted octanol–water partition coefficient (Wildman–Crippen LogP) is 4.46. The van der Waals surface area contributed by atoms with Crippen LogP contribution >= 0.6 is 0 Å². The summed E-state index contributed by atoms with van der Waals surface area (Å²) in [6, 6.07) is 17.8. The Morgan fingerprint density at radius 3 is 2.62 bits per heavy atom. The zero-order valence-electron chi connectivity index (χ0n) is 12.9. The summed E-state index contributed by atoms with van der Waals surface area (Å²) in [5, 5.41) is 3.69. The Kier molecular flexibility index (Phi) is 4.72. The van der Waals surface area contributed by atoms with E-state index in [4.69, 9.17) is 0 Å². The van der Waals surface area contributed by atoms with Crippen LogP contribution in [0.2, 0.25) is 0 Å². The van der Waals surface area contributed by atoms with Crippen molar-refractivity contribution in [3.8, 4) is 0 Å². The van der Waals surface area contributed by atoms with Crippen molar-refractivity contribution in [2.45, 2.75) is 45.1 Å². The van der Waals surface area contributed by atoms with Gasteiger partial charge in [-0.25, -0.2) is 0 Å². The number of nitrogens with one attached hydrogen (secondary N) is 1. The highest BCUT2D eigenvalue weighted by atomic mass is 14.9. The summed E-state index contributed by atoms with van der Waals surface area (Å²) in [5.74, 6) is 0.684. The minimum Gasteiger partial charge on any atom is -0.312 e. The van der Waals surface area contributed by atoms with Crippen LogP contribution in [0.3, 0.4) is 0 Å². The van der Waals surface area contributed by atoms with E-state index >= 15 is 0 Å². The largest absolute Gasteiger partial charge is 0.312 e. The monoisotopic (exact) mass is 279 g/mol. The van der Waals surface area contributed by atoms with Gasteiger partial charge in [0.2, 0.25) is 0 Å². The molecule has 1 nitrogen and oxygen atoms in total. The Bertz CT molecular complexity index is 588. The van der Waals surface area contributed by atoms with Gasteiger partial charge >= 0.3 is 0 Å². The molecule has 1 heteroatoms. The number of rotatable bonds is 5. The van der Waals surface area contributed by atoms with Crippen LogP contribution in [0, 0.1) is 0 Å². The lowest BCUT2D eigenvalue weighted by molar-refractivity contribution is 0.506. The van der Waals surface area contributed by atoms with Crippen LogP contribution in [0.4, 0.5) is 0 Å². The average molecular weight is 279 g/mol. The van der Waals surface area contributed by atoms with Crippen molar-refractivity contribution in [2.24, 2.45) is 0 Å². The van der Waals surface area contributed by atoms with Crippen molar-refractivity contribution in [1.82, 2.24) is 5.32 Å². The number of benzene rings is 2. The quantitative estimate of drug-likeness (QED) is 0.852. The molecule has 0 aromatic heterocycles. The van der Waals surface area contributed by atoms with Crippen LogP contribution < -0.4 is 5.32 Å². The smallest absolute Gasteiger partial charge is 0.0208 e. The zero-order valence-corrected chi connectivity index (χ0v) is 12.9. The molecule has 0 saturated heterocycles. The van der Waals surface area contributed by atoms with Gasteiger partial charge in [0.15, 0.2) is 0 Å². The lowest BCUT2D eigenvalue weighted by atomic mass is 9.83. The molecule has 0 amide bonds. The maximum absolute atomic E-state index is 3.69. The second-order valence-corrected chi connectivity index (χ2v) is 6.04. The van der Waals surface area contributed by atoms with E-state index in [1.807, 2.05) is 0 Å². The summed E-state index contributed by atoms with van der Waals surface area (Å²) < 4.78 is 0. The fourth-order valence-corrected chi connectivity index (χ4v) is 3.52. The second-order valence-electron chi connectivity index (χ2n) is 6.04. The molecular weight excluding hydrogens is 254 g/mol. The van der Waals surface area contributed by atoms with Gasteiger partial charge in [-0.3, -0.25) is 0 Å². The summed E-state index contributed by atoms with van der Waals surface area (Å²) >= 11 is 0. The third-order valence-corrected chi connectivity index (χ3v) is 4.70. The molecule has 1 atom stereocenters. The van der Waals surface area contributed by atoms with Crippen LogP contribution in [0.1, 0.15) is 47.9 Å². The topological polar surface area (TPSA) is 12.0 Å². The van der Waals surface area contributed by atoms with Crippen molar-refractivity contribution in [3.05, 3.63) is 70.8 Å². The molecule has 0 radical (unpaired) electrons. The Morgan fingerprint density at radius 2 is 1.76 bits per heavy atom. The third kappa shape index (κ3) is 3.36. The SMILES string of the molecule is CCc1ccccc1CNCC1CCCc2ccccc21. The first-order valence-electron chi connectivity index (χ1n) is 8.23. The molecule has 0 aliphatic heterocycles. The molecule has 1 unspecified atom stereocenters. The van der Waals surface area contributed by atoms with Crippen LogP contribution in [-0.2, 0) is 19.4 Å². The summed E-state index contributed by atoms with van der Waals surface area (Å²) in [7, 11) is 0. The number of hydrogen-bond donors (Lipinski definition) is 1. The van der Waals surface area contributed by atoms with E-state index in [-0.39, 0.29) is 0 Å². The molecule has 1 N–H and O–H groups in total. The Balaban J connectivity index is 1.61. The van der Waals surface area contributed by atoms with E-state index in [0.717, 1.165) is 19.5 Å². The van der Waals surface area contributed by atoms with Gasteiger partial charge in [0.05, 0.1) is 0 Å². The van der Waals surface area contributed by atoms with Crippen LogP contribution in [-0.4, -0.2) is 6.54 Å². The molecule has 21 heavy (non-hydrogen) atoms. The third-order valence-electron chi connectivity index (χ3n) is 4.70. The molecular formula is C20H25N.